The van der Waals surface area contributed by atoms with Crippen molar-refractivity contribution in [3.63, 3.8) is 0 Å². The lowest BCUT2D eigenvalue weighted by Gasteiger charge is -2.10. The lowest BCUT2D eigenvalue weighted by molar-refractivity contribution is -0.385. The Labute approximate surface area is 190 Å². The van der Waals surface area contributed by atoms with Gasteiger partial charge in [-0.05, 0) is 30.3 Å². The van der Waals surface area contributed by atoms with Crippen LogP contribution in [-0.4, -0.2) is 21.7 Å². The van der Waals surface area contributed by atoms with Gasteiger partial charge in [0.2, 0.25) is 0 Å². The van der Waals surface area contributed by atoms with Crippen molar-refractivity contribution in [2.24, 2.45) is 0 Å². The Kier molecular flexibility index (Phi) is 6.67. The van der Waals surface area contributed by atoms with E-state index in [9.17, 15) is 29.8 Å². The molecule has 32 heavy (non-hydrogen) atoms. The van der Waals surface area contributed by atoms with Gasteiger partial charge in [-0.1, -0.05) is 29.3 Å². The summed E-state index contributed by atoms with van der Waals surface area (Å²) in [6.07, 6.45) is 0. The summed E-state index contributed by atoms with van der Waals surface area (Å²) in [5.74, 6) is -1.19. The van der Waals surface area contributed by atoms with Gasteiger partial charge in [0.1, 0.15) is 0 Å². The molecule has 0 aromatic heterocycles. The maximum absolute atomic E-state index is 12.6. The van der Waals surface area contributed by atoms with E-state index in [1.165, 1.54) is 48.5 Å². The van der Waals surface area contributed by atoms with Gasteiger partial charge in [0.05, 0.1) is 31.3 Å². The maximum atomic E-state index is 12.6. The molecule has 162 valence electrons. The van der Waals surface area contributed by atoms with E-state index in [1.54, 1.807) is 0 Å². The molecule has 0 fully saturated rings. The van der Waals surface area contributed by atoms with E-state index in [2.05, 4.69) is 10.6 Å². The highest BCUT2D eigenvalue weighted by atomic mass is 35.5. The van der Waals surface area contributed by atoms with Crippen LogP contribution in [0.2, 0.25) is 10.0 Å². The second kappa shape index (κ2) is 9.41. The quantitative estimate of drug-likeness (QED) is 0.365. The maximum Gasteiger partial charge on any atom is 0.271 e. The summed E-state index contributed by atoms with van der Waals surface area (Å²) in [5.41, 5.74) is 0.126. The summed E-state index contributed by atoms with van der Waals surface area (Å²) in [6, 6.07) is 12.9. The van der Waals surface area contributed by atoms with Gasteiger partial charge in [0.25, 0.3) is 23.2 Å². The summed E-state index contributed by atoms with van der Waals surface area (Å²) in [5, 5.41) is 26.6. The third-order valence-corrected chi connectivity index (χ3v) is 4.84. The van der Waals surface area contributed by atoms with E-state index in [0.29, 0.717) is 0 Å². The van der Waals surface area contributed by atoms with Gasteiger partial charge >= 0.3 is 0 Å². The SMILES string of the molecule is O=C(Nc1ccc([N+](=O)[O-])cc1Cl)c1cccc(C(=O)Nc2ccc([N+](=O)[O-])cc2Cl)c1. The van der Waals surface area contributed by atoms with Gasteiger partial charge in [-0.2, -0.15) is 0 Å². The molecule has 0 aliphatic rings. The molecule has 0 spiro atoms. The highest BCUT2D eigenvalue weighted by Crippen LogP contribution is 2.28. The number of benzene rings is 3. The molecule has 0 unspecified atom stereocenters. The van der Waals surface area contributed by atoms with Crippen molar-refractivity contribution in [3.05, 3.63) is 102 Å². The number of anilines is 2. The van der Waals surface area contributed by atoms with Crippen LogP contribution < -0.4 is 10.6 Å². The molecule has 10 nitrogen and oxygen atoms in total. The van der Waals surface area contributed by atoms with Crippen LogP contribution in [-0.2, 0) is 0 Å². The number of amides is 2. The zero-order valence-corrected chi connectivity index (χ0v) is 17.4. The summed E-state index contributed by atoms with van der Waals surface area (Å²) in [4.78, 5) is 45.5. The molecule has 2 N–H and O–H groups in total. The van der Waals surface area contributed by atoms with E-state index >= 15 is 0 Å². The lowest BCUT2D eigenvalue weighted by atomic mass is 10.1. The predicted octanol–water partition coefficient (Wildman–Crippen LogP) is 5.31. The van der Waals surface area contributed by atoms with Gasteiger partial charge in [-0.15, -0.1) is 0 Å². The van der Waals surface area contributed by atoms with Crippen LogP contribution >= 0.6 is 23.2 Å². The van der Waals surface area contributed by atoms with Crippen molar-refractivity contribution in [3.8, 4) is 0 Å². The van der Waals surface area contributed by atoms with E-state index in [4.69, 9.17) is 23.2 Å². The van der Waals surface area contributed by atoms with Crippen LogP contribution in [0.4, 0.5) is 22.7 Å². The average Bonchev–Trinajstić information content (AvgIpc) is 2.76. The third kappa shape index (κ3) is 5.17. The second-order valence-electron chi connectivity index (χ2n) is 6.33. The first-order chi connectivity index (χ1) is 15.2. The number of non-ortho nitro benzene ring substituents is 2. The molecule has 0 atom stereocenters. The van der Waals surface area contributed by atoms with Crippen molar-refractivity contribution in [1.29, 1.82) is 0 Å². The molecule has 0 radical (unpaired) electrons. The molecule has 0 heterocycles. The summed E-state index contributed by atoms with van der Waals surface area (Å²) in [7, 11) is 0. The smallest absolute Gasteiger partial charge is 0.271 e. The minimum atomic E-state index is -0.614. The Morgan fingerprint density at radius 1 is 0.688 bits per heavy atom. The van der Waals surface area contributed by atoms with E-state index in [-0.39, 0.29) is 43.9 Å². The fourth-order valence-corrected chi connectivity index (χ4v) is 3.07. The number of rotatable bonds is 6. The van der Waals surface area contributed by atoms with Gasteiger partial charge in [0.15, 0.2) is 0 Å². The first-order valence-electron chi connectivity index (χ1n) is 8.76. The largest absolute Gasteiger partial charge is 0.321 e. The molecule has 0 bridgehead atoms. The summed E-state index contributed by atoms with van der Waals surface area (Å²) in [6.45, 7) is 0. The number of halogens is 2. The van der Waals surface area contributed by atoms with Crippen LogP contribution in [0.15, 0.2) is 60.7 Å². The minimum absolute atomic E-state index is 0.0192. The molecular weight excluding hydrogens is 463 g/mol. The Balaban J connectivity index is 1.76. The second-order valence-corrected chi connectivity index (χ2v) is 7.15. The molecule has 3 aromatic rings. The Hall–Kier alpha value is -4.02. The molecule has 0 aliphatic carbocycles. The number of hydrogen-bond donors (Lipinski definition) is 2. The highest BCUT2D eigenvalue weighted by Gasteiger charge is 2.16. The fourth-order valence-electron chi connectivity index (χ4n) is 2.63. The zero-order chi connectivity index (χ0) is 23.4. The molecule has 0 saturated heterocycles. The van der Waals surface area contributed by atoms with Gasteiger partial charge in [0, 0.05) is 35.4 Å². The molecule has 3 rings (SSSR count). The standard InChI is InChI=1S/C20H12Cl2N4O6/c21-15-9-13(25(29)30)4-6-17(15)23-19(27)11-2-1-3-12(8-11)20(28)24-18-7-5-14(26(31)32)10-16(18)22/h1-10H,(H,23,27)(H,24,28). The van der Waals surface area contributed by atoms with Gasteiger partial charge < -0.3 is 10.6 Å². The number of nitro benzene ring substituents is 2. The van der Waals surface area contributed by atoms with Gasteiger partial charge in [-0.25, -0.2) is 0 Å². The normalized spacial score (nSPS) is 10.3. The van der Waals surface area contributed by atoms with Crippen LogP contribution in [0, 0.1) is 20.2 Å². The average molecular weight is 475 g/mol. The minimum Gasteiger partial charge on any atom is -0.321 e. The number of nitro groups is 2. The third-order valence-electron chi connectivity index (χ3n) is 4.21. The first kappa shape index (κ1) is 22.7. The molecule has 3 aromatic carbocycles. The van der Waals surface area contributed by atoms with Crippen LogP contribution in [0.5, 0.6) is 0 Å². The van der Waals surface area contributed by atoms with E-state index < -0.39 is 21.7 Å². The Morgan fingerprint density at radius 3 is 1.44 bits per heavy atom. The van der Waals surface area contributed by atoms with Gasteiger partial charge in [-0.3, -0.25) is 29.8 Å². The number of nitrogens with zero attached hydrogens (tertiary/aromatic N) is 2. The molecule has 12 heteroatoms. The highest BCUT2D eigenvalue weighted by molar-refractivity contribution is 6.34. The van der Waals surface area contributed by atoms with E-state index in [0.717, 1.165) is 12.1 Å². The monoisotopic (exact) mass is 474 g/mol. The zero-order valence-electron chi connectivity index (χ0n) is 15.9. The number of carbonyl (C=O) groups excluding carboxylic acids is 2. The Morgan fingerprint density at radius 2 is 1.09 bits per heavy atom. The topological polar surface area (TPSA) is 144 Å². The van der Waals surface area contributed by atoms with Crippen LogP contribution in [0.3, 0.4) is 0 Å². The molecule has 2 amide bonds. The molecular formula is C20H12Cl2N4O6. The number of carbonyl (C=O) groups is 2. The van der Waals surface area contributed by atoms with Crippen molar-refractivity contribution in [2.45, 2.75) is 0 Å². The van der Waals surface area contributed by atoms with Crippen LogP contribution in [0.25, 0.3) is 0 Å². The van der Waals surface area contributed by atoms with E-state index in [1.807, 2.05) is 0 Å². The molecule has 0 saturated carbocycles. The summed E-state index contributed by atoms with van der Waals surface area (Å²) >= 11 is 12.0. The fraction of sp³-hybridized carbons (Fsp3) is 0. The summed E-state index contributed by atoms with van der Waals surface area (Å²) < 4.78 is 0. The van der Waals surface area contributed by atoms with Crippen molar-refractivity contribution >= 4 is 57.8 Å². The molecule has 0 aliphatic heterocycles. The lowest BCUT2D eigenvalue weighted by Crippen LogP contribution is -2.16. The Bertz CT molecular complexity index is 1170. The number of hydrogen-bond acceptors (Lipinski definition) is 6. The number of nitrogens with one attached hydrogen (secondary N) is 2. The van der Waals surface area contributed by atoms with Crippen molar-refractivity contribution in [1.82, 2.24) is 0 Å². The van der Waals surface area contributed by atoms with Crippen molar-refractivity contribution in [2.75, 3.05) is 10.6 Å². The van der Waals surface area contributed by atoms with Crippen molar-refractivity contribution < 1.29 is 19.4 Å². The first-order valence-corrected chi connectivity index (χ1v) is 9.52. The predicted molar refractivity (Wildman–Crippen MR) is 119 cm³/mol. The van der Waals surface area contributed by atoms with Crippen LogP contribution in [0.1, 0.15) is 20.7 Å².